The predicted molar refractivity (Wildman–Crippen MR) is 114 cm³/mol. The fourth-order valence-electron chi connectivity index (χ4n) is 3.12. The first-order valence-corrected chi connectivity index (χ1v) is 10.2. The molecule has 3 rings (SSSR count). The molecule has 2 aromatic rings. The molecule has 1 heterocycles. The van der Waals surface area contributed by atoms with E-state index < -0.39 is 0 Å². The number of anilines is 1. The number of carbonyl (C=O) groups excluding carboxylic acids is 1. The number of carbonyl (C=O) groups is 1. The zero-order valence-electron chi connectivity index (χ0n) is 14.9. The van der Waals surface area contributed by atoms with E-state index in [1.54, 1.807) is 0 Å². The molecule has 0 bridgehead atoms. The minimum Gasteiger partial charge on any atom is -0.326 e. The fourth-order valence-corrected chi connectivity index (χ4v) is 4.06. The standard InChI is InChI=1S/C21H26N2OS.ClH/c24-21(10-9-17-11-12-22-14-17)23-20-8-4-7-19(13-20)16-25-15-18-5-2-1-3-6-18;/h1-8,13,17,22H,9-12,14-16H2,(H,23,24);1H. The molecular formula is C21H27ClN2OS. The molecule has 1 aliphatic heterocycles. The summed E-state index contributed by atoms with van der Waals surface area (Å²) in [6, 6.07) is 18.7. The molecule has 0 radical (unpaired) electrons. The molecule has 0 saturated carbocycles. The second kappa shape index (κ2) is 11.3. The van der Waals surface area contributed by atoms with Gasteiger partial charge in [-0.1, -0.05) is 42.5 Å². The van der Waals surface area contributed by atoms with E-state index in [2.05, 4.69) is 47.0 Å². The third-order valence-electron chi connectivity index (χ3n) is 4.53. The van der Waals surface area contributed by atoms with Crippen molar-refractivity contribution in [3.63, 3.8) is 0 Å². The molecule has 2 N–H and O–H groups in total. The number of benzene rings is 2. The first-order chi connectivity index (χ1) is 12.3. The molecule has 1 unspecified atom stereocenters. The van der Waals surface area contributed by atoms with Crippen molar-refractivity contribution in [2.24, 2.45) is 5.92 Å². The second-order valence-corrected chi connectivity index (χ2v) is 7.61. The van der Waals surface area contributed by atoms with E-state index in [0.717, 1.165) is 36.7 Å². The first-order valence-electron chi connectivity index (χ1n) is 9.01. The molecule has 1 amide bonds. The van der Waals surface area contributed by atoms with Gasteiger partial charge < -0.3 is 10.6 Å². The molecule has 0 aliphatic carbocycles. The number of halogens is 1. The van der Waals surface area contributed by atoms with Crippen molar-refractivity contribution in [3.8, 4) is 0 Å². The van der Waals surface area contributed by atoms with Crippen LogP contribution in [0, 0.1) is 5.92 Å². The molecule has 140 valence electrons. The largest absolute Gasteiger partial charge is 0.326 e. The van der Waals surface area contributed by atoms with Crippen molar-refractivity contribution < 1.29 is 4.79 Å². The molecule has 0 aromatic heterocycles. The number of hydrogen-bond acceptors (Lipinski definition) is 3. The topological polar surface area (TPSA) is 41.1 Å². The molecule has 1 atom stereocenters. The van der Waals surface area contributed by atoms with E-state index >= 15 is 0 Å². The summed E-state index contributed by atoms with van der Waals surface area (Å²) in [4.78, 5) is 12.1. The zero-order chi connectivity index (χ0) is 17.3. The van der Waals surface area contributed by atoms with E-state index in [1.807, 2.05) is 30.0 Å². The van der Waals surface area contributed by atoms with Gasteiger partial charge in [-0.05, 0) is 55.1 Å². The summed E-state index contributed by atoms with van der Waals surface area (Å²) >= 11 is 1.89. The number of thioether (sulfide) groups is 1. The van der Waals surface area contributed by atoms with Gasteiger partial charge in [0.15, 0.2) is 0 Å². The maximum Gasteiger partial charge on any atom is 0.224 e. The molecule has 1 fully saturated rings. The molecular weight excluding hydrogens is 364 g/mol. The van der Waals surface area contributed by atoms with Gasteiger partial charge in [-0.2, -0.15) is 11.8 Å². The van der Waals surface area contributed by atoms with E-state index in [1.165, 1.54) is 17.5 Å². The summed E-state index contributed by atoms with van der Waals surface area (Å²) in [6.07, 6.45) is 2.78. The van der Waals surface area contributed by atoms with Gasteiger partial charge >= 0.3 is 0 Å². The zero-order valence-corrected chi connectivity index (χ0v) is 16.6. The van der Waals surface area contributed by atoms with Crippen LogP contribution in [0.15, 0.2) is 54.6 Å². The van der Waals surface area contributed by atoms with Gasteiger partial charge in [0.25, 0.3) is 0 Å². The predicted octanol–water partition coefficient (Wildman–Crippen LogP) is 4.87. The number of hydrogen-bond donors (Lipinski definition) is 2. The lowest BCUT2D eigenvalue weighted by molar-refractivity contribution is -0.116. The van der Waals surface area contributed by atoms with Crippen LogP contribution in [-0.4, -0.2) is 19.0 Å². The summed E-state index contributed by atoms with van der Waals surface area (Å²) in [5.41, 5.74) is 3.50. The lowest BCUT2D eigenvalue weighted by atomic mass is 10.0. The Balaban J connectivity index is 0.00000243. The summed E-state index contributed by atoms with van der Waals surface area (Å²) < 4.78 is 0. The molecule has 0 spiro atoms. The summed E-state index contributed by atoms with van der Waals surface area (Å²) in [5.74, 6) is 2.74. The van der Waals surface area contributed by atoms with Crippen molar-refractivity contribution in [2.75, 3.05) is 18.4 Å². The smallest absolute Gasteiger partial charge is 0.224 e. The van der Waals surface area contributed by atoms with Crippen LogP contribution in [0.2, 0.25) is 0 Å². The molecule has 1 saturated heterocycles. The van der Waals surface area contributed by atoms with Gasteiger partial charge in [0.05, 0.1) is 0 Å². The Bertz CT molecular complexity index is 675. The monoisotopic (exact) mass is 390 g/mol. The SMILES string of the molecule is Cl.O=C(CCC1CCNC1)Nc1cccc(CSCc2ccccc2)c1. The number of rotatable bonds is 8. The Morgan fingerprint density at radius 3 is 2.62 bits per heavy atom. The summed E-state index contributed by atoms with van der Waals surface area (Å²) in [5, 5.41) is 6.40. The third kappa shape index (κ3) is 7.02. The van der Waals surface area contributed by atoms with E-state index in [4.69, 9.17) is 0 Å². The van der Waals surface area contributed by atoms with Crippen LogP contribution in [-0.2, 0) is 16.3 Å². The number of nitrogens with one attached hydrogen (secondary N) is 2. The Morgan fingerprint density at radius 2 is 1.85 bits per heavy atom. The molecule has 2 aromatic carbocycles. The average molecular weight is 391 g/mol. The molecule has 3 nitrogen and oxygen atoms in total. The van der Waals surface area contributed by atoms with Crippen molar-refractivity contribution in [1.29, 1.82) is 0 Å². The fraction of sp³-hybridized carbons (Fsp3) is 0.381. The van der Waals surface area contributed by atoms with E-state index in [9.17, 15) is 4.79 Å². The van der Waals surface area contributed by atoms with Crippen LogP contribution in [0.3, 0.4) is 0 Å². The lowest BCUT2D eigenvalue weighted by Gasteiger charge is -2.10. The molecule has 26 heavy (non-hydrogen) atoms. The van der Waals surface area contributed by atoms with Crippen molar-refractivity contribution in [3.05, 3.63) is 65.7 Å². The van der Waals surface area contributed by atoms with Gasteiger partial charge in [-0.3, -0.25) is 4.79 Å². The minimum absolute atomic E-state index is 0. The Labute approximate surface area is 166 Å². The van der Waals surface area contributed by atoms with Crippen molar-refractivity contribution in [1.82, 2.24) is 5.32 Å². The quantitative estimate of drug-likeness (QED) is 0.675. The molecule has 5 heteroatoms. The van der Waals surface area contributed by atoms with Gasteiger partial charge in [0.2, 0.25) is 5.91 Å². The Hall–Kier alpha value is -1.49. The van der Waals surface area contributed by atoms with E-state index in [-0.39, 0.29) is 18.3 Å². The highest BCUT2D eigenvalue weighted by Gasteiger charge is 2.15. The highest BCUT2D eigenvalue weighted by Crippen LogP contribution is 2.21. The first kappa shape index (κ1) is 20.8. The Morgan fingerprint density at radius 1 is 1.08 bits per heavy atom. The van der Waals surface area contributed by atoms with Crippen LogP contribution in [0.1, 0.15) is 30.4 Å². The molecule has 1 aliphatic rings. The Kier molecular flexibility index (Phi) is 9.02. The van der Waals surface area contributed by atoms with Crippen LogP contribution in [0.25, 0.3) is 0 Å². The third-order valence-corrected chi connectivity index (χ3v) is 5.61. The number of amides is 1. The van der Waals surface area contributed by atoms with Crippen LogP contribution < -0.4 is 10.6 Å². The van der Waals surface area contributed by atoms with Crippen LogP contribution in [0.5, 0.6) is 0 Å². The summed E-state index contributed by atoms with van der Waals surface area (Å²) in [6.45, 7) is 2.15. The highest BCUT2D eigenvalue weighted by atomic mass is 35.5. The van der Waals surface area contributed by atoms with Crippen molar-refractivity contribution in [2.45, 2.75) is 30.8 Å². The van der Waals surface area contributed by atoms with Gasteiger partial charge in [0.1, 0.15) is 0 Å². The maximum atomic E-state index is 12.1. The lowest BCUT2D eigenvalue weighted by Crippen LogP contribution is -2.15. The van der Waals surface area contributed by atoms with Gasteiger partial charge in [0, 0.05) is 23.6 Å². The van der Waals surface area contributed by atoms with Crippen LogP contribution in [0.4, 0.5) is 5.69 Å². The van der Waals surface area contributed by atoms with Crippen LogP contribution >= 0.6 is 24.2 Å². The average Bonchev–Trinajstić information content (AvgIpc) is 3.15. The van der Waals surface area contributed by atoms with Gasteiger partial charge in [-0.15, -0.1) is 12.4 Å². The highest BCUT2D eigenvalue weighted by molar-refractivity contribution is 7.97. The maximum absolute atomic E-state index is 12.1. The summed E-state index contributed by atoms with van der Waals surface area (Å²) in [7, 11) is 0. The second-order valence-electron chi connectivity index (χ2n) is 6.62. The normalized spacial score (nSPS) is 16.1. The van der Waals surface area contributed by atoms with E-state index in [0.29, 0.717) is 12.3 Å². The van der Waals surface area contributed by atoms with Crippen molar-refractivity contribution >= 4 is 35.8 Å². The minimum atomic E-state index is 0. The van der Waals surface area contributed by atoms with Gasteiger partial charge in [-0.25, -0.2) is 0 Å².